The van der Waals surface area contributed by atoms with Crippen LogP contribution in [0.2, 0.25) is 0 Å². The van der Waals surface area contributed by atoms with E-state index in [1.54, 1.807) is 0 Å². The number of benzene rings is 1. The Hall–Kier alpha value is -2.21. The lowest BCUT2D eigenvalue weighted by Gasteiger charge is -2.19. The summed E-state index contributed by atoms with van der Waals surface area (Å²) in [5, 5.41) is 13.5. The number of carbonyl (C=O) groups excluding carboxylic acids is 1. The number of aromatic amines is 1. The predicted octanol–water partition coefficient (Wildman–Crippen LogP) is 1.90. The van der Waals surface area contributed by atoms with Gasteiger partial charge in [0.15, 0.2) is 5.82 Å². The molecule has 1 aromatic carbocycles. The number of amides is 1. The smallest absolute Gasteiger partial charge is 0.221 e. The van der Waals surface area contributed by atoms with Crippen LogP contribution in [0, 0.1) is 0 Å². The van der Waals surface area contributed by atoms with E-state index in [0.717, 1.165) is 43.0 Å². The van der Waals surface area contributed by atoms with E-state index in [1.165, 1.54) is 6.92 Å². The molecule has 0 spiro atoms. The number of nitrogens with zero attached hydrogens (tertiary/aromatic N) is 2. The van der Waals surface area contributed by atoms with Crippen LogP contribution in [0.15, 0.2) is 24.3 Å². The highest BCUT2D eigenvalue weighted by Gasteiger charge is 2.19. The molecule has 1 amide bonds. The van der Waals surface area contributed by atoms with Crippen molar-refractivity contribution in [2.24, 2.45) is 0 Å². The van der Waals surface area contributed by atoms with Crippen LogP contribution in [0.1, 0.15) is 31.5 Å². The van der Waals surface area contributed by atoms with Gasteiger partial charge in [-0.2, -0.15) is 5.10 Å². The zero-order valence-corrected chi connectivity index (χ0v) is 12.0. The molecule has 2 aromatic rings. The van der Waals surface area contributed by atoms with Gasteiger partial charge < -0.3 is 10.6 Å². The van der Waals surface area contributed by atoms with Crippen molar-refractivity contribution in [1.29, 1.82) is 0 Å². The van der Waals surface area contributed by atoms with Crippen molar-refractivity contribution in [3.63, 3.8) is 0 Å². The third-order valence-electron chi connectivity index (χ3n) is 3.69. The first-order chi connectivity index (χ1) is 10.2. The van der Waals surface area contributed by atoms with Crippen molar-refractivity contribution in [2.75, 3.05) is 18.4 Å². The van der Waals surface area contributed by atoms with E-state index in [2.05, 4.69) is 25.8 Å². The van der Waals surface area contributed by atoms with Crippen molar-refractivity contribution in [3.8, 4) is 11.4 Å². The van der Waals surface area contributed by atoms with Gasteiger partial charge in [-0.15, -0.1) is 0 Å². The topological polar surface area (TPSA) is 82.7 Å². The number of hydrogen-bond acceptors (Lipinski definition) is 4. The molecule has 1 aliphatic rings. The Morgan fingerprint density at radius 3 is 2.62 bits per heavy atom. The lowest BCUT2D eigenvalue weighted by atomic mass is 9.98. The highest BCUT2D eigenvalue weighted by molar-refractivity contribution is 5.88. The van der Waals surface area contributed by atoms with Crippen LogP contribution in [0.25, 0.3) is 11.4 Å². The largest absolute Gasteiger partial charge is 0.326 e. The second-order valence-electron chi connectivity index (χ2n) is 5.33. The number of aromatic nitrogens is 3. The molecule has 2 heterocycles. The third kappa shape index (κ3) is 3.28. The Balaban J connectivity index is 1.74. The summed E-state index contributed by atoms with van der Waals surface area (Å²) in [6, 6.07) is 7.55. The standard InChI is InChI=1S/C15H19N5O/c1-10(21)17-13-4-2-11(3-5-13)14-18-15(20-19-14)12-6-8-16-9-7-12/h2-5,12,16H,6-9H2,1H3,(H,17,21)(H,18,19,20). The van der Waals surface area contributed by atoms with Gasteiger partial charge in [0.25, 0.3) is 0 Å². The van der Waals surface area contributed by atoms with E-state index in [9.17, 15) is 4.79 Å². The number of piperidine rings is 1. The number of carbonyl (C=O) groups is 1. The van der Waals surface area contributed by atoms with Crippen molar-refractivity contribution >= 4 is 11.6 Å². The van der Waals surface area contributed by atoms with E-state index in [0.29, 0.717) is 11.7 Å². The summed E-state index contributed by atoms with van der Waals surface area (Å²) in [5.41, 5.74) is 1.72. The molecule has 0 aliphatic carbocycles. The number of H-pyrrole nitrogens is 1. The minimum absolute atomic E-state index is 0.0751. The van der Waals surface area contributed by atoms with Crippen LogP contribution in [0.5, 0.6) is 0 Å². The Morgan fingerprint density at radius 1 is 1.24 bits per heavy atom. The van der Waals surface area contributed by atoms with E-state index in [1.807, 2.05) is 24.3 Å². The molecule has 110 valence electrons. The predicted molar refractivity (Wildman–Crippen MR) is 81.0 cm³/mol. The normalized spacial score (nSPS) is 15.9. The van der Waals surface area contributed by atoms with Gasteiger partial charge >= 0.3 is 0 Å². The average Bonchev–Trinajstić information content (AvgIpc) is 2.98. The summed E-state index contributed by atoms with van der Waals surface area (Å²) >= 11 is 0. The van der Waals surface area contributed by atoms with Gasteiger partial charge in [-0.25, -0.2) is 4.98 Å². The fraction of sp³-hybridized carbons (Fsp3) is 0.400. The van der Waals surface area contributed by atoms with Gasteiger partial charge in [-0.3, -0.25) is 9.89 Å². The Labute approximate surface area is 123 Å². The van der Waals surface area contributed by atoms with E-state index in [4.69, 9.17) is 0 Å². The van der Waals surface area contributed by atoms with Gasteiger partial charge in [0, 0.05) is 24.1 Å². The van der Waals surface area contributed by atoms with E-state index < -0.39 is 0 Å². The molecule has 0 radical (unpaired) electrons. The Bertz CT molecular complexity index is 613. The fourth-order valence-corrected chi connectivity index (χ4v) is 2.59. The highest BCUT2D eigenvalue weighted by Crippen LogP contribution is 2.24. The number of rotatable bonds is 3. The Kier molecular flexibility index (Phi) is 3.96. The van der Waals surface area contributed by atoms with E-state index in [-0.39, 0.29) is 5.91 Å². The minimum atomic E-state index is -0.0751. The fourth-order valence-electron chi connectivity index (χ4n) is 2.59. The molecule has 3 N–H and O–H groups in total. The van der Waals surface area contributed by atoms with Crippen molar-refractivity contribution in [3.05, 3.63) is 30.1 Å². The Morgan fingerprint density at radius 2 is 1.95 bits per heavy atom. The second-order valence-corrected chi connectivity index (χ2v) is 5.33. The van der Waals surface area contributed by atoms with Crippen LogP contribution < -0.4 is 10.6 Å². The first-order valence-electron chi connectivity index (χ1n) is 7.23. The molecule has 0 unspecified atom stereocenters. The quantitative estimate of drug-likeness (QED) is 0.804. The monoisotopic (exact) mass is 285 g/mol. The number of anilines is 1. The van der Waals surface area contributed by atoms with Crippen LogP contribution in [0.3, 0.4) is 0 Å². The maximum absolute atomic E-state index is 11.0. The lowest BCUT2D eigenvalue weighted by molar-refractivity contribution is -0.114. The molecule has 6 nitrogen and oxygen atoms in total. The lowest BCUT2D eigenvalue weighted by Crippen LogP contribution is -2.27. The summed E-state index contributed by atoms with van der Waals surface area (Å²) in [6.07, 6.45) is 2.19. The van der Waals surface area contributed by atoms with Crippen molar-refractivity contribution in [2.45, 2.75) is 25.7 Å². The number of nitrogens with one attached hydrogen (secondary N) is 3. The molecule has 1 aromatic heterocycles. The van der Waals surface area contributed by atoms with Gasteiger partial charge in [0.05, 0.1) is 0 Å². The van der Waals surface area contributed by atoms with Crippen LogP contribution >= 0.6 is 0 Å². The van der Waals surface area contributed by atoms with Gasteiger partial charge in [-0.05, 0) is 50.2 Å². The second kappa shape index (κ2) is 6.05. The molecule has 21 heavy (non-hydrogen) atoms. The summed E-state index contributed by atoms with van der Waals surface area (Å²) in [4.78, 5) is 15.6. The first-order valence-corrected chi connectivity index (χ1v) is 7.23. The van der Waals surface area contributed by atoms with Crippen molar-refractivity contribution < 1.29 is 4.79 Å². The summed E-state index contributed by atoms with van der Waals surface area (Å²) in [7, 11) is 0. The minimum Gasteiger partial charge on any atom is -0.326 e. The summed E-state index contributed by atoms with van der Waals surface area (Å²) in [6.45, 7) is 3.56. The van der Waals surface area contributed by atoms with E-state index >= 15 is 0 Å². The van der Waals surface area contributed by atoms with Gasteiger partial charge in [-0.1, -0.05) is 0 Å². The summed E-state index contributed by atoms with van der Waals surface area (Å²) < 4.78 is 0. The maximum Gasteiger partial charge on any atom is 0.221 e. The molecule has 3 rings (SSSR count). The van der Waals surface area contributed by atoms with Crippen LogP contribution in [0.4, 0.5) is 5.69 Å². The average molecular weight is 285 g/mol. The zero-order valence-electron chi connectivity index (χ0n) is 12.0. The molecule has 0 saturated carbocycles. The van der Waals surface area contributed by atoms with Crippen LogP contribution in [-0.4, -0.2) is 34.2 Å². The molecular weight excluding hydrogens is 266 g/mol. The molecular formula is C15H19N5O. The number of hydrogen-bond donors (Lipinski definition) is 3. The van der Waals surface area contributed by atoms with Gasteiger partial charge in [0.2, 0.25) is 5.91 Å². The highest BCUT2D eigenvalue weighted by atomic mass is 16.1. The molecule has 1 fully saturated rings. The van der Waals surface area contributed by atoms with Crippen LogP contribution in [-0.2, 0) is 4.79 Å². The molecule has 0 bridgehead atoms. The maximum atomic E-state index is 11.0. The SMILES string of the molecule is CC(=O)Nc1ccc(-c2n[nH]c(C3CCNCC3)n2)cc1. The third-order valence-corrected chi connectivity index (χ3v) is 3.69. The zero-order chi connectivity index (χ0) is 14.7. The van der Waals surface area contributed by atoms with Crippen molar-refractivity contribution in [1.82, 2.24) is 20.5 Å². The van der Waals surface area contributed by atoms with Gasteiger partial charge in [0.1, 0.15) is 5.82 Å². The molecule has 0 atom stereocenters. The molecule has 1 aliphatic heterocycles. The molecule has 6 heteroatoms. The summed E-state index contributed by atoms with van der Waals surface area (Å²) in [5.74, 6) is 2.07. The first kappa shape index (κ1) is 13.8. The molecule has 1 saturated heterocycles.